The fraction of sp³-hybridized carbons (Fsp3) is 0.500. The molecule has 0 spiro atoms. The van der Waals surface area contributed by atoms with Gasteiger partial charge < -0.3 is 5.32 Å². The van der Waals surface area contributed by atoms with Crippen LogP contribution in [0.5, 0.6) is 0 Å². The van der Waals surface area contributed by atoms with Crippen LogP contribution in [0.4, 0.5) is 4.39 Å². The van der Waals surface area contributed by atoms with Crippen molar-refractivity contribution < 1.29 is 9.18 Å². The Morgan fingerprint density at radius 2 is 2.05 bits per heavy atom. The lowest BCUT2D eigenvalue weighted by molar-refractivity contribution is 0.0886. The van der Waals surface area contributed by atoms with Gasteiger partial charge in [-0.15, -0.1) is 0 Å². The molecule has 1 aliphatic rings. The second-order valence-corrected chi connectivity index (χ2v) is 6.03. The van der Waals surface area contributed by atoms with E-state index in [0.29, 0.717) is 5.56 Å². The van der Waals surface area contributed by atoms with Gasteiger partial charge in [-0.1, -0.05) is 46.8 Å². The van der Waals surface area contributed by atoms with Crippen molar-refractivity contribution >= 4 is 33.4 Å². The summed E-state index contributed by atoms with van der Waals surface area (Å²) in [7, 11) is 0. The van der Waals surface area contributed by atoms with Gasteiger partial charge in [-0.2, -0.15) is 0 Å². The summed E-state index contributed by atoms with van der Waals surface area (Å²) in [6, 6.07) is 4.05. The molecule has 104 valence electrons. The molecule has 0 unspecified atom stereocenters. The first-order chi connectivity index (χ1) is 9.06. The lowest BCUT2D eigenvalue weighted by Crippen LogP contribution is -2.51. The highest BCUT2D eigenvalue weighted by molar-refractivity contribution is 9.09. The Bertz CT molecular complexity index is 475. The number of hydrogen-bond donors (Lipinski definition) is 1. The molecular weight excluding hydrogens is 333 g/mol. The second kappa shape index (κ2) is 6.23. The highest BCUT2D eigenvalue weighted by Gasteiger charge is 2.32. The molecule has 1 aromatic rings. The van der Waals surface area contributed by atoms with Crippen molar-refractivity contribution in [3.63, 3.8) is 0 Å². The van der Waals surface area contributed by atoms with Crippen molar-refractivity contribution in [2.24, 2.45) is 0 Å². The molecule has 1 amide bonds. The van der Waals surface area contributed by atoms with Gasteiger partial charge in [0.05, 0.1) is 10.6 Å². The van der Waals surface area contributed by atoms with Crippen molar-refractivity contribution in [2.75, 3.05) is 5.33 Å². The monoisotopic (exact) mass is 347 g/mol. The lowest BCUT2D eigenvalue weighted by atomic mass is 9.83. The van der Waals surface area contributed by atoms with E-state index < -0.39 is 5.82 Å². The molecule has 2 rings (SSSR count). The van der Waals surface area contributed by atoms with E-state index in [1.165, 1.54) is 24.6 Å². The third-order valence-electron chi connectivity index (χ3n) is 3.63. The number of hydrogen-bond acceptors (Lipinski definition) is 1. The molecule has 0 atom stereocenters. The third-order valence-corrected chi connectivity index (χ3v) is 4.99. The normalized spacial score (nSPS) is 18.1. The van der Waals surface area contributed by atoms with Crippen LogP contribution in [0.15, 0.2) is 18.2 Å². The number of alkyl halides is 1. The molecular formula is C14H16BrClFNO. The van der Waals surface area contributed by atoms with Gasteiger partial charge in [0.1, 0.15) is 5.82 Å². The van der Waals surface area contributed by atoms with Crippen LogP contribution in [-0.2, 0) is 0 Å². The summed E-state index contributed by atoms with van der Waals surface area (Å²) in [4.78, 5) is 12.2. The number of nitrogens with one attached hydrogen (secondary N) is 1. The number of benzene rings is 1. The van der Waals surface area contributed by atoms with Crippen LogP contribution in [0.25, 0.3) is 0 Å². The molecule has 0 aliphatic heterocycles. The maximum atomic E-state index is 13.1. The summed E-state index contributed by atoms with van der Waals surface area (Å²) in [6.45, 7) is 0. The third kappa shape index (κ3) is 3.48. The van der Waals surface area contributed by atoms with E-state index >= 15 is 0 Å². The topological polar surface area (TPSA) is 29.1 Å². The summed E-state index contributed by atoms with van der Waals surface area (Å²) < 4.78 is 13.1. The van der Waals surface area contributed by atoms with E-state index in [9.17, 15) is 9.18 Å². The van der Waals surface area contributed by atoms with Gasteiger partial charge in [-0.3, -0.25) is 4.79 Å². The molecule has 1 aliphatic carbocycles. The summed E-state index contributed by atoms with van der Waals surface area (Å²) in [5, 5.41) is 3.79. The first-order valence-electron chi connectivity index (χ1n) is 6.40. The maximum Gasteiger partial charge on any atom is 0.251 e. The molecule has 0 heterocycles. The average Bonchev–Trinajstić information content (AvgIpc) is 2.43. The maximum absolute atomic E-state index is 13.1. The zero-order valence-corrected chi connectivity index (χ0v) is 12.9. The number of carbonyl (C=O) groups excluding carboxylic acids is 1. The molecule has 0 bridgehead atoms. The second-order valence-electron chi connectivity index (χ2n) is 5.06. The Labute approximate surface area is 125 Å². The first-order valence-corrected chi connectivity index (χ1v) is 7.90. The molecule has 5 heteroatoms. The SMILES string of the molecule is O=C(NC1(CBr)CCCCC1)c1ccc(F)c(Cl)c1. The van der Waals surface area contributed by atoms with Crippen LogP contribution in [-0.4, -0.2) is 16.8 Å². The van der Waals surface area contributed by atoms with Crippen LogP contribution >= 0.6 is 27.5 Å². The molecule has 0 saturated heterocycles. The molecule has 2 nitrogen and oxygen atoms in total. The van der Waals surface area contributed by atoms with Gasteiger partial charge in [-0.05, 0) is 31.0 Å². The molecule has 19 heavy (non-hydrogen) atoms. The van der Waals surface area contributed by atoms with Gasteiger partial charge >= 0.3 is 0 Å². The van der Waals surface area contributed by atoms with Crippen molar-refractivity contribution in [3.05, 3.63) is 34.6 Å². The van der Waals surface area contributed by atoms with Crippen molar-refractivity contribution in [2.45, 2.75) is 37.6 Å². The highest BCUT2D eigenvalue weighted by atomic mass is 79.9. The first kappa shape index (κ1) is 14.8. The van der Waals surface area contributed by atoms with Gasteiger partial charge in [0.25, 0.3) is 5.91 Å². The molecule has 1 N–H and O–H groups in total. The summed E-state index contributed by atoms with van der Waals surface area (Å²) in [5.41, 5.74) is 0.216. The van der Waals surface area contributed by atoms with Crippen LogP contribution < -0.4 is 5.32 Å². The van der Waals surface area contributed by atoms with Crippen LogP contribution in [0.1, 0.15) is 42.5 Å². The Hall–Kier alpha value is -0.610. The van der Waals surface area contributed by atoms with E-state index in [1.54, 1.807) is 0 Å². The number of carbonyl (C=O) groups is 1. The van der Waals surface area contributed by atoms with Crippen LogP contribution in [0.2, 0.25) is 5.02 Å². The van der Waals surface area contributed by atoms with E-state index in [-0.39, 0.29) is 16.5 Å². The molecule has 1 aromatic carbocycles. The largest absolute Gasteiger partial charge is 0.346 e. The smallest absolute Gasteiger partial charge is 0.251 e. The van der Waals surface area contributed by atoms with Gasteiger partial charge in [0.15, 0.2) is 0 Å². The van der Waals surface area contributed by atoms with E-state index in [1.807, 2.05) is 0 Å². The standard InChI is InChI=1S/C14H16BrClFNO/c15-9-14(6-2-1-3-7-14)18-13(19)10-4-5-12(17)11(16)8-10/h4-5,8H,1-3,6-7,9H2,(H,18,19). The fourth-order valence-electron chi connectivity index (χ4n) is 2.47. The van der Waals surface area contributed by atoms with Crippen LogP contribution in [0, 0.1) is 5.82 Å². The predicted octanol–water partition coefficient (Wildman–Crippen LogP) is 4.31. The molecule has 1 saturated carbocycles. The van der Waals surface area contributed by atoms with E-state index in [4.69, 9.17) is 11.6 Å². The minimum absolute atomic E-state index is 0.0239. The van der Waals surface area contributed by atoms with E-state index in [0.717, 1.165) is 31.0 Å². The predicted molar refractivity (Wildman–Crippen MR) is 78.5 cm³/mol. The van der Waals surface area contributed by atoms with Gasteiger partial charge in [0, 0.05) is 10.9 Å². The Balaban J connectivity index is 2.12. The van der Waals surface area contributed by atoms with Gasteiger partial charge in [-0.25, -0.2) is 4.39 Å². The van der Waals surface area contributed by atoms with Gasteiger partial charge in [0.2, 0.25) is 0 Å². The average molecular weight is 349 g/mol. The molecule has 1 fully saturated rings. The summed E-state index contributed by atoms with van der Waals surface area (Å²) in [5.74, 6) is -0.700. The Kier molecular flexibility index (Phi) is 4.85. The minimum atomic E-state index is -0.508. The minimum Gasteiger partial charge on any atom is -0.346 e. The summed E-state index contributed by atoms with van der Waals surface area (Å²) >= 11 is 9.20. The number of amides is 1. The van der Waals surface area contributed by atoms with Crippen molar-refractivity contribution in [1.82, 2.24) is 5.32 Å². The lowest BCUT2D eigenvalue weighted by Gasteiger charge is -2.36. The number of rotatable bonds is 3. The highest BCUT2D eigenvalue weighted by Crippen LogP contribution is 2.30. The fourth-order valence-corrected chi connectivity index (χ4v) is 3.35. The van der Waals surface area contributed by atoms with E-state index in [2.05, 4.69) is 21.2 Å². The Morgan fingerprint density at radius 3 is 2.63 bits per heavy atom. The zero-order chi connectivity index (χ0) is 13.9. The molecule has 0 aromatic heterocycles. The van der Waals surface area contributed by atoms with Crippen molar-refractivity contribution in [1.29, 1.82) is 0 Å². The summed E-state index contributed by atoms with van der Waals surface area (Å²) in [6.07, 6.45) is 5.40. The molecule has 0 radical (unpaired) electrons. The Morgan fingerprint density at radius 1 is 1.37 bits per heavy atom. The number of halogens is 3. The quantitative estimate of drug-likeness (QED) is 0.810. The van der Waals surface area contributed by atoms with Crippen molar-refractivity contribution in [3.8, 4) is 0 Å². The van der Waals surface area contributed by atoms with Crippen LogP contribution in [0.3, 0.4) is 0 Å². The zero-order valence-electron chi connectivity index (χ0n) is 10.5.